The number of halogens is 1. The van der Waals surface area contributed by atoms with E-state index in [0.717, 1.165) is 32.0 Å². The van der Waals surface area contributed by atoms with Crippen LogP contribution in [0.2, 0.25) is 0 Å². The molecule has 0 atom stereocenters. The van der Waals surface area contributed by atoms with Crippen molar-refractivity contribution in [2.75, 3.05) is 24.5 Å². The zero-order valence-electron chi connectivity index (χ0n) is 11.6. The Hall–Kier alpha value is -2.15. The molecule has 0 spiro atoms. The molecule has 6 nitrogen and oxygen atoms in total. The molecular formula is C14H18FN5O. The molecule has 0 unspecified atom stereocenters. The third kappa shape index (κ3) is 2.82. The summed E-state index contributed by atoms with van der Waals surface area (Å²) in [6.45, 7) is 2.43. The van der Waals surface area contributed by atoms with Crippen LogP contribution in [0, 0.1) is 11.7 Å². The van der Waals surface area contributed by atoms with Crippen molar-refractivity contribution in [3.63, 3.8) is 0 Å². The number of rotatable bonds is 3. The molecule has 4 N–H and O–H groups in total. The molecule has 1 aliphatic heterocycles. The van der Waals surface area contributed by atoms with Crippen LogP contribution in [0.4, 0.5) is 10.3 Å². The first-order valence-corrected chi connectivity index (χ1v) is 7.03. The van der Waals surface area contributed by atoms with Crippen LogP contribution in [0.1, 0.15) is 12.8 Å². The van der Waals surface area contributed by atoms with Crippen molar-refractivity contribution >= 4 is 5.95 Å². The standard InChI is InChI=1S/C14H18FN5O/c15-12-7-10(21)1-2-11(12)13-17-14(19-18-13)20-5-3-9(8-16)4-6-20/h1-2,7,9,21H,3-6,8,16H2,(H,17,18,19). The van der Waals surface area contributed by atoms with Gasteiger partial charge in [-0.2, -0.15) is 4.98 Å². The van der Waals surface area contributed by atoms with Crippen LogP contribution in [-0.4, -0.2) is 39.9 Å². The molecule has 0 saturated carbocycles. The van der Waals surface area contributed by atoms with Crippen molar-refractivity contribution in [1.82, 2.24) is 15.2 Å². The topological polar surface area (TPSA) is 91.1 Å². The monoisotopic (exact) mass is 291 g/mol. The van der Waals surface area contributed by atoms with Gasteiger partial charge in [-0.1, -0.05) is 0 Å². The van der Waals surface area contributed by atoms with E-state index in [-0.39, 0.29) is 5.75 Å². The average Bonchev–Trinajstić information content (AvgIpc) is 2.97. The first-order valence-electron chi connectivity index (χ1n) is 7.03. The fourth-order valence-electron chi connectivity index (χ4n) is 2.58. The number of nitrogens with zero attached hydrogens (tertiary/aromatic N) is 3. The van der Waals surface area contributed by atoms with Gasteiger partial charge in [0.1, 0.15) is 11.6 Å². The lowest BCUT2D eigenvalue weighted by atomic mass is 9.97. The summed E-state index contributed by atoms with van der Waals surface area (Å²) in [5.41, 5.74) is 5.97. The highest BCUT2D eigenvalue weighted by atomic mass is 19.1. The molecule has 112 valence electrons. The van der Waals surface area contributed by atoms with E-state index in [2.05, 4.69) is 20.1 Å². The molecule has 1 aromatic heterocycles. The van der Waals surface area contributed by atoms with Gasteiger partial charge in [0, 0.05) is 19.2 Å². The SMILES string of the molecule is NCC1CCN(c2n[nH]c(-c3ccc(O)cc3F)n2)CC1. The van der Waals surface area contributed by atoms with Gasteiger partial charge in [0.2, 0.25) is 5.95 Å². The highest BCUT2D eigenvalue weighted by Crippen LogP contribution is 2.25. The van der Waals surface area contributed by atoms with Gasteiger partial charge in [0.25, 0.3) is 0 Å². The Morgan fingerprint density at radius 2 is 2.14 bits per heavy atom. The van der Waals surface area contributed by atoms with Crippen LogP contribution in [0.15, 0.2) is 18.2 Å². The summed E-state index contributed by atoms with van der Waals surface area (Å²) >= 11 is 0. The Bertz CT molecular complexity index is 622. The Kier molecular flexibility index (Phi) is 3.74. The van der Waals surface area contributed by atoms with E-state index >= 15 is 0 Å². The lowest BCUT2D eigenvalue weighted by Gasteiger charge is -2.30. The number of phenols is 1. The van der Waals surface area contributed by atoms with E-state index < -0.39 is 5.82 Å². The third-order valence-electron chi connectivity index (χ3n) is 3.91. The van der Waals surface area contributed by atoms with Crippen LogP contribution in [-0.2, 0) is 0 Å². The van der Waals surface area contributed by atoms with Gasteiger partial charge in [-0.25, -0.2) is 4.39 Å². The Labute approximate surface area is 121 Å². The minimum absolute atomic E-state index is 0.111. The first-order chi connectivity index (χ1) is 10.2. The lowest BCUT2D eigenvalue weighted by Crippen LogP contribution is -2.36. The number of phenolic OH excluding ortho intramolecular Hbond substituents is 1. The van der Waals surface area contributed by atoms with Crippen molar-refractivity contribution in [3.05, 3.63) is 24.0 Å². The molecule has 2 aromatic rings. The lowest BCUT2D eigenvalue weighted by molar-refractivity contribution is 0.411. The number of aromatic nitrogens is 3. The van der Waals surface area contributed by atoms with E-state index in [1.54, 1.807) is 0 Å². The van der Waals surface area contributed by atoms with Gasteiger partial charge in [0.15, 0.2) is 5.82 Å². The molecule has 1 fully saturated rings. The fraction of sp³-hybridized carbons (Fsp3) is 0.429. The smallest absolute Gasteiger partial charge is 0.245 e. The molecule has 21 heavy (non-hydrogen) atoms. The molecule has 0 bridgehead atoms. The normalized spacial score (nSPS) is 16.4. The molecule has 2 heterocycles. The summed E-state index contributed by atoms with van der Waals surface area (Å²) < 4.78 is 13.8. The number of nitrogens with one attached hydrogen (secondary N) is 1. The van der Waals surface area contributed by atoms with Gasteiger partial charge in [0.05, 0.1) is 5.56 Å². The van der Waals surface area contributed by atoms with Gasteiger partial charge >= 0.3 is 0 Å². The number of nitrogens with two attached hydrogens (primary N) is 1. The minimum Gasteiger partial charge on any atom is -0.508 e. The number of hydrogen-bond donors (Lipinski definition) is 3. The van der Waals surface area contributed by atoms with Crippen molar-refractivity contribution in [2.24, 2.45) is 11.7 Å². The summed E-state index contributed by atoms with van der Waals surface area (Å²) in [5.74, 6) is 0.866. The first kappa shape index (κ1) is 13.8. The Morgan fingerprint density at radius 3 is 2.81 bits per heavy atom. The van der Waals surface area contributed by atoms with Crippen molar-refractivity contribution in [1.29, 1.82) is 0 Å². The Morgan fingerprint density at radius 1 is 1.38 bits per heavy atom. The second-order valence-electron chi connectivity index (χ2n) is 5.31. The van der Waals surface area contributed by atoms with Gasteiger partial charge < -0.3 is 15.7 Å². The number of anilines is 1. The largest absolute Gasteiger partial charge is 0.508 e. The van der Waals surface area contributed by atoms with E-state index in [4.69, 9.17) is 5.73 Å². The summed E-state index contributed by atoms with van der Waals surface area (Å²) in [4.78, 5) is 6.43. The maximum Gasteiger partial charge on any atom is 0.245 e. The average molecular weight is 291 g/mol. The minimum atomic E-state index is -0.528. The summed E-state index contributed by atoms with van der Waals surface area (Å²) in [7, 11) is 0. The van der Waals surface area contributed by atoms with E-state index in [9.17, 15) is 9.50 Å². The zero-order valence-corrected chi connectivity index (χ0v) is 11.6. The molecular weight excluding hydrogens is 273 g/mol. The molecule has 0 radical (unpaired) electrons. The van der Waals surface area contributed by atoms with Gasteiger partial charge in [-0.15, -0.1) is 5.10 Å². The van der Waals surface area contributed by atoms with E-state index in [0.29, 0.717) is 29.8 Å². The predicted molar refractivity (Wildman–Crippen MR) is 77.4 cm³/mol. The number of aromatic hydroxyl groups is 1. The van der Waals surface area contributed by atoms with Crippen LogP contribution in [0.5, 0.6) is 5.75 Å². The summed E-state index contributed by atoms with van der Waals surface area (Å²) in [5, 5.41) is 16.2. The molecule has 1 aliphatic rings. The highest BCUT2D eigenvalue weighted by molar-refractivity contribution is 5.58. The number of aromatic amines is 1. The zero-order chi connectivity index (χ0) is 14.8. The second kappa shape index (κ2) is 5.69. The van der Waals surface area contributed by atoms with Crippen molar-refractivity contribution < 1.29 is 9.50 Å². The van der Waals surface area contributed by atoms with Crippen molar-refractivity contribution in [3.8, 4) is 17.1 Å². The molecule has 1 saturated heterocycles. The third-order valence-corrected chi connectivity index (χ3v) is 3.91. The quantitative estimate of drug-likeness (QED) is 0.797. The Balaban J connectivity index is 1.77. The van der Waals surface area contributed by atoms with Crippen LogP contribution < -0.4 is 10.6 Å². The maximum absolute atomic E-state index is 13.8. The highest BCUT2D eigenvalue weighted by Gasteiger charge is 2.21. The molecule has 0 amide bonds. The van der Waals surface area contributed by atoms with Crippen molar-refractivity contribution in [2.45, 2.75) is 12.8 Å². The van der Waals surface area contributed by atoms with E-state index in [1.165, 1.54) is 12.1 Å². The van der Waals surface area contributed by atoms with E-state index in [1.807, 2.05) is 0 Å². The second-order valence-corrected chi connectivity index (χ2v) is 5.31. The van der Waals surface area contributed by atoms with Crippen LogP contribution >= 0.6 is 0 Å². The maximum atomic E-state index is 13.8. The predicted octanol–water partition coefficient (Wildman–Crippen LogP) is 1.49. The number of H-pyrrole nitrogens is 1. The molecule has 1 aromatic carbocycles. The number of benzene rings is 1. The fourth-order valence-corrected chi connectivity index (χ4v) is 2.58. The summed E-state index contributed by atoms with van der Waals surface area (Å²) in [6, 6.07) is 3.97. The molecule has 3 rings (SSSR count). The van der Waals surface area contributed by atoms with Gasteiger partial charge in [-0.3, -0.25) is 5.10 Å². The van der Waals surface area contributed by atoms with Crippen LogP contribution in [0.3, 0.4) is 0 Å². The number of hydrogen-bond acceptors (Lipinski definition) is 5. The van der Waals surface area contributed by atoms with Gasteiger partial charge in [-0.05, 0) is 37.4 Å². The summed E-state index contributed by atoms with van der Waals surface area (Å²) in [6.07, 6.45) is 2.04. The number of piperidine rings is 1. The van der Waals surface area contributed by atoms with Crippen LogP contribution in [0.25, 0.3) is 11.4 Å². The molecule has 0 aliphatic carbocycles. The molecule has 7 heteroatoms.